The molecular formula is C15H21NO4S. The number of hydrogen-bond donors (Lipinski definition) is 2. The van der Waals surface area contributed by atoms with Crippen LogP contribution in [-0.2, 0) is 10.0 Å². The standard InChI is InChI=1S/C15H21NO4S/c1-3-16(9-5-11-18)21(19,20)15-12-14(6-4-10-17)8-7-13(15)2/h7-8,12,17-18H,3,5,9-11H2,1-2H3. The Morgan fingerprint density at radius 3 is 2.57 bits per heavy atom. The van der Waals surface area contributed by atoms with Crippen molar-refractivity contribution in [1.82, 2.24) is 4.31 Å². The van der Waals surface area contributed by atoms with Crippen molar-refractivity contribution >= 4 is 10.0 Å². The predicted molar refractivity (Wildman–Crippen MR) is 81.3 cm³/mol. The number of hydrogen-bond acceptors (Lipinski definition) is 4. The lowest BCUT2D eigenvalue weighted by Gasteiger charge is -2.21. The highest BCUT2D eigenvalue weighted by Crippen LogP contribution is 2.21. The molecule has 0 saturated carbocycles. The van der Waals surface area contributed by atoms with Gasteiger partial charge in [-0.25, -0.2) is 8.42 Å². The van der Waals surface area contributed by atoms with Crippen LogP contribution in [0.25, 0.3) is 0 Å². The highest BCUT2D eigenvalue weighted by molar-refractivity contribution is 7.89. The third-order valence-electron chi connectivity index (χ3n) is 3.04. The summed E-state index contributed by atoms with van der Waals surface area (Å²) in [5, 5.41) is 17.6. The van der Waals surface area contributed by atoms with Crippen molar-refractivity contribution in [3.05, 3.63) is 29.3 Å². The van der Waals surface area contributed by atoms with E-state index in [-0.39, 0.29) is 24.7 Å². The van der Waals surface area contributed by atoms with Gasteiger partial charge in [-0.1, -0.05) is 24.8 Å². The van der Waals surface area contributed by atoms with Gasteiger partial charge in [-0.2, -0.15) is 4.31 Å². The second kappa shape index (κ2) is 8.15. The van der Waals surface area contributed by atoms with Crippen molar-refractivity contribution in [2.45, 2.75) is 25.2 Å². The Bertz CT molecular complexity index is 629. The number of aryl methyl sites for hydroxylation is 1. The molecule has 0 aliphatic rings. The average Bonchev–Trinajstić information content (AvgIpc) is 2.46. The van der Waals surface area contributed by atoms with Crippen LogP contribution in [-0.4, -0.2) is 49.2 Å². The van der Waals surface area contributed by atoms with Crippen molar-refractivity contribution in [2.24, 2.45) is 0 Å². The van der Waals surface area contributed by atoms with E-state index < -0.39 is 10.0 Å². The second-order valence-electron chi connectivity index (χ2n) is 4.51. The van der Waals surface area contributed by atoms with Crippen LogP contribution >= 0.6 is 0 Å². The molecule has 1 rings (SSSR count). The molecule has 1 aromatic rings. The predicted octanol–water partition coefficient (Wildman–Crippen LogP) is 0.732. The summed E-state index contributed by atoms with van der Waals surface area (Å²) in [5.74, 6) is 5.22. The molecule has 0 unspecified atom stereocenters. The first kappa shape index (κ1) is 17.7. The Hall–Kier alpha value is -1.39. The normalized spacial score (nSPS) is 11.3. The Labute approximate surface area is 126 Å². The van der Waals surface area contributed by atoms with Gasteiger partial charge in [-0.05, 0) is 31.0 Å². The number of aliphatic hydroxyl groups is 2. The van der Waals surface area contributed by atoms with E-state index in [0.717, 1.165) is 0 Å². The molecule has 0 aliphatic carbocycles. The SMILES string of the molecule is CCN(CCCO)S(=O)(=O)c1cc(C#CCO)ccc1C. The Morgan fingerprint density at radius 1 is 1.29 bits per heavy atom. The minimum atomic E-state index is -3.61. The lowest BCUT2D eigenvalue weighted by atomic mass is 10.1. The first-order valence-corrected chi connectivity index (χ1v) is 8.22. The van der Waals surface area contributed by atoms with Gasteiger partial charge in [0, 0.05) is 25.3 Å². The topological polar surface area (TPSA) is 77.8 Å². The van der Waals surface area contributed by atoms with Gasteiger partial charge in [-0.15, -0.1) is 0 Å². The van der Waals surface area contributed by atoms with Gasteiger partial charge in [0.2, 0.25) is 10.0 Å². The minimum absolute atomic E-state index is 0.0486. The van der Waals surface area contributed by atoms with Crippen molar-refractivity contribution in [3.63, 3.8) is 0 Å². The fourth-order valence-electron chi connectivity index (χ4n) is 1.93. The van der Waals surface area contributed by atoms with Crippen LogP contribution < -0.4 is 0 Å². The van der Waals surface area contributed by atoms with Crippen LogP contribution in [0, 0.1) is 18.8 Å². The Balaban J connectivity index is 3.22. The molecule has 0 spiro atoms. The lowest BCUT2D eigenvalue weighted by molar-refractivity contribution is 0.271. The molecule has 2 N–H and O–H groups in total. The quantitative estimate of drug-likeness (QED) is 0.759. The molecule has 0 aliphatic heterocycles. The van der Waals surface area contributed by atoms with E-state index in [9.17, 15) is 8.42 Å². The van der Waals surface area contributed by atoms with Crippen molar-refractivity contribution in [2.75, 3.05) is 26.3 Å². The van der Waals surface area contributed by atoms with Crippen LogP contribution in [0.1, 0.15) is 24.5 Å². The molecule has 0 atom stereocenters. The van der Waals surface area contributed by atoms with Crippen molar-refractivity contribution in [3.8, 4) is 11.8 Å². The summed E-state index contributed by atoms with van der Waals surface area (Å²) < 4.78 is 26.7. The van der Waals surface area contributed by atoms with E-state index in [1.165, 1.54) is 10.4 Å². The molecular weight excluding hydrogens is 290 g/mol. The van der Waals surface area contributed by atoms with Crippen LogP contribution in [0.2, 0.25) is 0 Å². The summed E-state index contributed by atoms with van der Waals surface area (Å²) in [6.45, 7) is 3.80. The van der Waals surface area contributed by atoms with Crippen molar-refractivity contribution < 1.29 is 18.6 Å². The number of nitrogens with zero attached hydrogens (tertiary/aromatic N) is 1. The van der Waals surface area contributed by atoms with Gasteiger partial charge in [-0.3, -0.25) is 0 Å². The summed E-state index contributed by atoms with van der Waals surface area (Å²) in [4.78, 5) is 0.215. The average molecular weight is 311 g/mol. The maximum absolute atomic E-state index is 12.7. The zero-order valence-electron chi connectivity index (χ0n) is 12.3. The van der Waals surface area contributed by atoms with E-state index in [1.807, 2.05) is 0 Å². The van der Waals surface area contributed by atoms with E-state index in [1.54, 1.807) is 26.0 Å². The fraction of sp³-hybridized carbons (Fsp3) is 0.467. The van der Waals surface area contributed by atoms with E-state index in [4.69, 9.17) is 10.2 Å². The van der Waals surface area contributed by atoms with Crippen LogP contribution in [0.5, 0.6) is 0 Å². The van der Waals surface area contributed by atoms with Gasteiger partial charge in [0.25, 0.3) is 0 Å². The van der Waals surface area contributed by atoms with Gasteiger partial charge < -0.3 is 10.2 Å². The number of sulfonamides is 1. The summed E-state index contributed by atoms with van der Waals surface area (Å²) >= 11 is 0. The molecule has 0 saturated heterocycles. The molecule has 0 aromatic heterocycles. The van der Waals surface area contributed by atoms with Crippen LogP contribution in [0.3, 0.4) is 0 Å². The largest absolute Gasteiger partial charge is 0.396 e. The van der Waals surface area contributed by atoms with Gasteiger partial charge in [0.15, 0.2) is 0 Å². The molecule has 21 heavy (non-hydrogen) atoms. The van der Waals surface area contributed by atoms with E-state index in [2.05, 4.69) is 11.8 Å². The maximum atomic E-state index is 12.7. The maximum Gasteiger partial charge on any atom is 0.243 e. The van der Waals surface area contributed by atoms with E-state index in [0.29, 0.717) is 24.1 Å². The third-order valence-corrected chi connectivity index (χ3v) is 5.15. The smallest absolute Gasteiger partial charge is 0.243 e. The highest BCUT2D eigenvalue weighted by atomic mass is 32.2. The molecule has 0 radical (unpaired) electrons. The summed E-state index contributed by atoms with van der Waals surface area (Å²) in [5.41, 5.74) is 1.19. The number of rotatable bonds is 6. The molecule has 116 valence electrons. The summed E-state index contributed by atoms with van der Waals surface area (Å²) in [7, 11) is -3.61. The molecule has 0 heterocycles. The zero-order valence-corrected chi connectivity index (χ0v) is 13.2. The second-order valence-corrected chi connectivity index (χ2v) is 6.42. The molecule has 0 fully saturated rings. The Morgan fingerprint density at radius 2 is 2.00 bits per heavy atom. The van der Waals surface area contributed by atoms with Gasteiger partial charge >= 0.3 is 0 Å². The zero-order chi connectivity index (χ0) is 15.9. The third kappa shape index (κ3) is 4.55. The molecule has 5 nitrogen and oxygen atoms in total. The van der Waals surface area contributed by atoms with Gasteiger partial charge in [0.1, 0.15) is 6.61 Å². The highest BCUT2D eigenvalue weighted by Gasteiger charge is 2.24. The van der Waals surface area contributed by atoms with E-state index >= 15 is 0 Å². The summed E-state index contributed by atoms with van der Waals surface area (Å²) in [6.07, 6.45) is 0.399. The minimum Gasteiger partial charge on any atom is -0.396 e. The first-order chi connectivity index (χ1) is 9.97. The molecule has 6 heteroatoms. The summed E-state index contributed by atoms with van der Waals surface area (Å²) in [6, 6.07) is 4.95. The molecule has 1 aromatic carbocycles. The van der Waals surface area contributed by atoms with Crippen LogP contribution in [0.15, 0.2) is 23.1 Å². The number of benzene rings is 1. The van der Waals surface area contributed by atoms with Gasteiger partial charge in [0.05, 0.1) is 4.90 Å². The first-order valence-electron chi connectivity index (χ1n) is 6.78. The number of aliphatic hydroxyl groups excluding tert-OH is 2. The Kier molecular flexibility index (Phi) is 6.85. The molecule has 0 bridgehead atoms. The monoisotopic (exact) mass is 311 g/mol. The lowest BCUT2D eigenvalue weighted by Crippen LogP contribution is -2.32. The van der Waals surface area contributed by atoms with Crippen molar-refractivity contribution in [1.29, 1.82) is 0 Å². The molecule has 0 amide bonds. The van der Waals surface area contributed by atoms with Crippen LogP contribution in [0.4, 0.5) is 0 Å². The fourth-order valence-corrected chi connectivity index (χ4v) is 3.67.